The van der Waals surface area contributed by atoms with Gasteiger partial charge in [-0.1, -0.05) is 34.8 Å². The monoisotopic (exact) mass is 383 g/mol. The smallest absolute Gasteiger partial charge is 0.0965 e. The van der Waals surface area contributed by atoms with Crippen molar-refractivity contribution in [1.82, 2.24) is 4.98 Å². The maximum absolute atomic E-state index is 6.08. The fraction of sp³-hybridized carbons (Fsp3) is 0.125. The highest BCUT2D eigenvalue weighted by atomic mass is 35.5. The first-order valence-electron chi connectivity index (χ1n) is 6.75. The second-order valence-corrected chi connectivity index (χ2v) is 7.29. The molecule has 0 aliphatic rings. The molecule has 1 aromatic carbocycles. The SMILES string of the molecule is C/C(=N\Nc1c(Cl)cncc1Cl)c1sc2ccc(Cl)cc2c1C. The van der Waals surface area contributed by atoms with Crippen molar-refractivity contribution in [3.63, 3.8) is 0 Å². The van der Waals surface area contributed by atoms with Gasteiger partial charge in [-0.05, 0) is 43.0 Å². The van der Waals surface area contributed by atoms with Crippen LogP contribution in [0.4, 0.5) is 5.69 Å². The number of halogens is 3. The van der Waals surface area contributed by atoms with Crippen molar-refractivity contribution in [2.75, 3.05) is 5.43 Å². The van der Waals surface area contributed by atoms with E-state index in [2.05, 4.69) is 22.4 Å². The van der Waals surface area contributed by atoms with Gasteiger partial charge < -0.3 is 0 Å². The number of hydrogen-bond donors (Lipinski definition) is 1. The first-order chi connectivity index (χ1) is 11.0. The van der Waals surface area contributed by atoms with Crippen molar-refractivity contribution in [2.45, 2.75) is 13.8 Å². The fourth-order valence-electron chi connectivity index (χ4n) is 2.25. The Balaban J connectivity index is 1.97. The standard InChI is InChI=1S/C16H12Cl3N3S/c1-8-11-5-10(17)3-4-14(11)23-16(8)9(2)21-22-15-12(18)6-20-7-13(15)19/h3-7H,1-2H3,(H,20,22)/b21-9+. The molecular weight excluding hydrogens is 373 g/mol. The highest BCUT2D eigenvalue weighted by Gasteiger charge is 2.12. The minimum atomic E-state index is 0.425. The van der Waals surface area contributed by atoms with Gasteiger partial charge in [0.2, 0.25) is 0 Å². The van der Waals surface area contributed by atoms with Crippen LogP contribution in [0.3, 0.4) is 0 Å². The van der Waals surface area contributed by atoms with Crippen LogP contribution >= 0.6 is 46.1 Å². The fourth-order valence-corrected chi connectivity index (χ4v) is 4.00. The van der Waals surface area contributed by atoms with Crippen molar-refractivity contribution < 1.29 is 0 Å². The van der Waals surface area contributed by atoms with E-state index in [1.54, 1.807) is 11.3 Å². The maximum atomic E-state index is 6.08. The van der Waals surface area contributed by atoms with Crippen molar-refractivity contribution in [3.8, 4) is 0 Å². The van der Waals surface area contributed by atoms with Gasteiger partial charge in [-0.2, -0.15) is 5.10 Å². The van der Waals surface area contributed by atoms with Gasteiger partial charge in [-0.25, -0.2) is 0 Å². The molecule has 0 spiro atoms. The average molecular weight is 385 g/mol. The average Bonchev–Trinajstić information content (AvgIpc) is 2.83. The van der Waals surface area contributed by atoms with E-state index in [1.807, 2.05) is 25.1 Å². The van der Waals surface area contributed by atoms with Crippen LogP contribution in [0.15, 0.2) is 35.7 Å². The number of rotatable bonds is 3. The molecule has 118 valence electrons. The van der Waals surface area contributed by atoms with E-state index in [0.29, 0.717) is 15.7 Å². The van der Waals surface area contributed by atoms with Crippen LogP contribution < -0.4 is 5.43 Å². The predicted octanol–water partition coefficient (Wildman–Crippen LogP) is 6.40. The molecule has 2 heterocycles. The van der Waals surface area contributed by atoms with E-state index < -0.39 is 0 Å². The number of thiophene rings is 1. The Labute approximate surface area is 152 Å². The van der Waals surface area contributed by atoms with Gasteiger partial charge in [0.05, 0.1) is 26.3 Å². The van der Waals surface area contributed by atoms with Crippen LogP contribution in [0.2, 0.25) is 15.1 Å². The Morgan fingerprint density at radius 3 is 2.57 bits per heavy atom. The third-order valence-corrected chi connectivity index (χ3v) is 5.61. The van der Waals surface area contributed by atoms with Crippen molar-refractivity contribution in [1.29, 1.82) is 0 Å². The zero-order valence-corrected chi connectivity index (χ0v) is 15.4. The Kier molecular flexibility index (Phi) is 4.78. The number of fused-ring (bicyclic) bond motifs is 1. The van der Waals surface area contributed by atoms with Crippen LogP contribution in [0.5, 0.6) is 0 Å². The summed E-state index contributed by atoms with van der Waals surface area (Å²) in [5, 5.41) is 7.14. The number of hydrogen-bond acceptors (Lipinski definition) is 4. The van der Waals surface area contributed by atoms with Gasteiger partial charge in [0.15, 0.2) is 0 Å². The van der Waals surface area contributed by atoms with E-state index in [4.69, 9.17) is 34.8 Å². The number of pyridine rings is 1. The molecule has 0 bridgehead atoms. The molecule has 1 N–H and O–H groups in total. The molecule has 0 aliphatic carbocycles. The molecule has 0 amide bonds. The molecule has 2 aromatic heterocycles. The van der Waals surface area contributed by atoms with Crippen LogP contribution in [0, 0.1) is 6.92 Å². The van der Waals surface area contributed by atoms with Crippen LogP contribution in [0.1, 0.15) is 17.4 Å². The summed E-state index contributed by atoms with van der Waals surface area (Å²) in [5.41, 5.74) is 5.48. The number of aryl methyl sites for hydroxylation is 1. The molecule has 3 nitrogen and oxygen atoms in total. The molecule has 23 heavy (non-hydrogen) atoms. The van der Waals surface area contributed by atoms with E-state index in [1.165, 1.54) is 17.1 Å². The molecule has 0 saturated carbocycles. The van der Waals surface area contributed by atoms with Crippen LogP contribution in [-0.2, 0) is 0 Å². The Morgan fingerprint density at radius 2 is 1.87 bits per heavy atom. The van der Waals surface area contributed by atoms with Gasteiger partial charge in [0.25, 0.3) is 0 Å². The third kappa shape index (κ3) is 3.31. The number of benzene rings is 1. The summed E-state index contributed by atoms with van der Waals surface area (Å²) >= 11 is 19.9. The number of nitrogens with zero attached hydrogens (tertiary/aromatic N) is 2. The molecule has 0 radical (unpaired) electrons. The summed E-state index contributed by atoms with van der Waals surface area (Å²) in [6, 6.07) is 5.89. The zero-order valence-electron chi connectivity index (χ0n) is 12.3. The molecule has 7 heteroatoms. The van der Waals surface area contributed by atoms with Crippen molar-refractivity contribution in [2.24, 2.45) is 5.10 Å². The van der Waals surface area contributed by atoms with Crippen molar-refractivity contribution in [3.05, 3.63) is 56.1 Å². The van der Waals surface area contributed by atoms with E-state index >= 15 is 0 Å². The lowest BCUT2D eigenvalue weighted by Crippen LogP contribution is -2.00. The second-order valence-electron chi connectivity index (χ2n) is 4.98. The molecule has 0 fully saturated rings. The minimum Gasteiger partial charge on any atom is -0.275 e. The van der Waals surface area contributed by atoms with Gasteiger partial charge in [-0.15, -0.1) is 11.3 Å². The predicted molar refractivity (Wildman–Crippen MR) is 102 cm³/mol. The van der Waals surface area contributed by atoms with Crippen LogP contribution in [-0.4, -0.2) is 10.7 Å². The summed E-state index contributed by atoms with van der Waals surface area (Å²) in [7, 11) is 0. The second kappa shape index (κ2) is 6.65. The summed E-state index contributed by atoms with van der Waals surface area (Å²) in [6.45, 7) is 4.01. The lowest BCUT2D eigenvalue weighted by Gasteiger charge is -2.06. The van der Waals surface area contributed by atoms with Crippen molar-refractivity contribution >= 4 is 67.6 Å². The quantitative estimate of drug-likeness (QED) is 0.419. The molecule has 3 rings (SSSR count). The molecule has 3 aromatic rings. The highest BCUT2D eigenvalue weighted by molar-refractivity contribution is 7.21. The molecule has 0 unspecified atom stereocenters. The van der Waals surface area contributed by atoms with E-state index in [9.17, 15) is 0 Å². The summed E-state index contributed by atoms with van der Waals surface area (Å²) in [4.78, 5) is 5.01. The molecular formula is C16H12Cl3N3S. The lowest BCUT2D eigenvalue weighted by atomic mass is 10.1. The Hall–Kier alpha value is -1.33. The first-order valence-corrected chi connectivity index (χ1v) is 8.70. The lowest BCUT2D eigenvalue weighted by molar-refractivity contribution is 1.27. The van der Waals surface area contributed by atoms with Gasteiger partial charge >= 0.3 is 0 Å². The largest absolute Gasteiger partial charge is 0.275 e. The Bertz CT molecular complexity index is 898. The van der Waals surface area contributed by atoms with E-state index in [0.717, 1.165) is 26.6 Å². The maximum Gasteiger partial charge on any atom is 0.0965 e. The number of nitrogens with one attached hydrogen (secondary N) is 1. The number of hydrazone groups is 1. The molecule has 0 aliphatic heterocycles. The van der Waals surface area contributed by atoms with E-state index in [-0.39, 0.29) is 0 Å². The number of aromatic nitrogens is 1. The molecule has 0 saturated heterocycles. The third-order valence-electron chi connectivity index (χ3n) is 3.42. The van der Waals surface area contributed by atoms with Gasteiger partial charge in [0.1, 0.15) is 0 Å². The molecule has 0 atom stereocenters. The van der Waals surface area contributed by atoms with Gasteiger partial charge in [0, 0.05) is 22.1 Å². The first kappa shape index (κ1) is 16.5. The topological polar surface area (TPSA) is 37.3 Å². The summed E-state index contributed by atoms with van der Waals surface area (Å²) in [6.07, 6.45) is 3.04. The summed E-state index contributed by atoms with van der Waals surface area (Å²) in [5.74, 6) is 0. The highest BCUT2D eigenvalue weighted by Crippen LogP contribution is 2.33. The Morgan fingerprint density at radius 1 is 1.17 bits per heavy atom. The van der Waals surface area contributed by atoms with Crippen LogP contribution in [0.25, 0.3) is 10.1 Å². The minimum absolute atomic E-state index is 0.425. The zero-order chi connectivity index (χ0) is 16.6. The summed E-state index contributed by atoms with van der Waals surface area (Å²) < 4.78 is 1.18. The normalized spacial score (nSPS) is 12.0. The van der Waals surface area contributed by atoms with Gasteiger partial charge in [-0.3, -0.25) is 10.4 Å². The number of anilines is 1.